The predicted octanol–water partition coefficient (Wildman–Crippen LogP) is 5.82. The van der Waals surface area contributed by atoms with Gasteiger partial charge in [0.05, 0.1) is 6.10 Å². The van der Waals surface area contributed by atoms with E-state index in [-0.39, 0.29) is 47.9 Å². The first-order chi connectivity index (χ1) is 28.4. The van der Waals surface area contributed by atoms with Gasteiger partial charge in [0.2, 0.25) is 0 Å². The van der Waals surface area contributed by atoms with Crippen LogP contribution in [0.2, 0.25) is 0 Å². The molecule has 332 valence electrons. The van der Waals surface area contributed by atoms with Gasteiger partial charge in [-0.2, -0.15) is 0 Å². The summed E-state index contributed by atoms with van der Waals surface area (Å²) in [6, 6.07) is 0. The number of aliphatic carboxylic acids is 1. The Hall–Kier alpha value is -4.86. The zero-order chi connectivity index (χ0) is 44.8. The number of Topliss-reactive ketones (excluding diaryl/α,β-unsaturated/α-hetero) is 1. The van der Waals surface area contributed by atoms with Crippen molar-refractivity contribution in [1.29, 1.82) is 5.41 Å². The number of amides is 1. The molecule has 0 radical (unpaired) electrons. The predicted molar refractivity (Wildman–Crippen MR) is 233 cm³/mol. The summed E-state index contributed by atoms with van der Waals surface area (Å²) in [6.07, 6.45) is 23.6. The Balaban J connectivity index is 2.01. The van der Waals surface area contributed by atoms with Gasteiger partial charge < -0.3 is 51.0 Å². The summed E-state index contributed by atoms with van der Waals surface area (Å²) < 4.78 is 11.7. The molecule has 1 heterocycles. The van der Waals surface area contributed by atoms with Gasteiger partial charge >= 0.3 is 5.97 Å². The van der Waals surface area contributed by atoms with Crippen LogP contribution in [0.3, 0.4) is 0 Å². The first-order valence-electron chi connectivity index (χ1n) is 20.7. The highest BCUT2D eigenvalue weighted by Gasteiger charge is 2.48. The fourth-order valence-corrected chi connectivity index (χ4v) is 6.48. The normalized spacial score (nSPS) is 24.1. The molecular weight excluding hydrogens is 769 g/mol. The number of guanidine groups is 1. The SMILES string of the molecule is C\C(=C/C=C/C=C/C=C/C=C/C(C)C(OC1OC(C(=O)O)C(O)C(O)C1O)/C(C)=C/C(C)CCC/C=C/C(C)C/C=C/CCCN(C)C(=N)N)C(=O)NC1=C(O)CCC1=O. The van der Waals surface area contributed by atoms with Crippen molar-refractivity contribution in [3.63, 3.8) is 0 Å². The minimum absolute atomic E-state index is 0.0435. The van der Waals surface area contributed by atoms with E-state index in [0.717, 1.165) is 50.6 Å². The van der Waals surface area contributed by atoms with E-state index < -0.39 is 48.7 Å². The van der Waals surface area contributed by atoms with E-state index in [4.69, 9.17) is 20.6 Å². The van der Waals surface area contributed by atoms with E-state index in [9.17, 15) is 39.9 Å². The topological polar surface area (TPSA) is 236 Å². The number of carboxylic acids is 1. The molecule has 1 amide bonds. The Morgan fingerprint density at radius 2 is 1.57 bits per heavy atom. The lowest BCUT2D eigenvalue weighted by Gasteiger charge is -2.40. The van der Waals surface area contributed by atoms with E-state index in [1.807, 2.05) is 39.1 Å². The van der Waals surface area contributed by atoms with Crippen LogP contribution in [0, 0.1) is 23.2 Å². The third-order valence-electron chi connectivity index (χ3n) is 10.2. The molecule has 1 saturated heterocycles. The Morgan fingerprint density at radius 1 is 0.917 bits per heavy atom. The molecular formula is C46H68N4O10. The number of nitrogens with zero attached hydrogens (tertiary/aromatic N) is 1. The number of aliphatic hydroxyl groups excluding tert-OH is 4. The van der Waals surface area contributed by atoms with E-state index in [1.165, 1.54) is 0 Å². The van der Waals surface area contributed by atoms with Crippen LogP contribution in [-0.2, 0) is 23.9 Å². The van der Waals surface area contributed by atoms with Crippen molar-refractivity contribution >= 4 is 23.6 Å². The number of hydrogen-bond donors (Lipinski definition) is 8. The van der Waals surface area contributed by atoms with Gasteiger partial charge in [0.25, 0.3) is 5.91 Å². The number of carboxylic acid groups (broad SMARTS) is 1. The number of ether oxygens (including phenoxy) is 2. The fraction of sp³-hybridized carbons (Fsp3) is 0.522. The number of nitrogens with one attached hydrogen (secondary N) is 2. The Kier molecular flexibility index (Phi) is 23.1. The van der Waals surface area contributed by atoms with Crippen LogP contribution in [0.5, 0.6) is 0 Å². The van der Waals surface area contributed by atoms with Crippen LogP contribution in [0.4, 0.5) is 0 Å². The van der Waals surface area contributed by atoms with Crippen molar-refractivity contribution in [2.24, 2.45) is 23.5 Å². The summed E-state index contributed by atoms with van der Waals surface area (Å²) in [4.78, 5) is 37.6. The van der Waals surface area contributed by atoms with Gasteiger partial charge in [-0.3, -0.25) is 15.0 Å². The third-order valence-corrected chi connectivity index (χ3v) is 10.2. The summed E-state index contributed by atoms with van der Waals surface area (Å²) in [6.45, 7) is 10.5. The number of allylic oxidation sites excluding steroid dienone is 15. The molecule has 1 aliphatic heterocycles. The standard InChI is InChI=1S/C46H68N4O10/c1-30(21-15-12-13-20-28-50(6)46(47)48)22-16-14-17-23-31(2)29-34(5)41(59-45-40(55)38(53)39(54)42(60-45)44(57)58)32(3)24-18-10-8-7-9-11-19-25-33(4)43(56)49-37-35(51)26-27-36(37)52/h7-12,15-16,18-19,22,24-25,29-32,38-42,45,51,53-55H,13-14,17,20-21,23,26-28H2,1-6H3,(H3,47,48)(H,49,56)(H,57,58)/b9-7+,10-8+,15-12+,19-11+,22-16+,24-18+,33-25+,34-29+. The summed E-state index contributed by atoms with van der Waals surface area (Å²) in [5, 5.41) is 60.5. The van der Waals surface area contributed by atoms with Crippen LogP contribution < -0.4 is 11.1 Å². The molecule has 0 bridgehead atoms. The van der Waals surface area contributed by atoms with Gasteiger partial charge in [-0.25, -0.2) is 4.79 Å². The van der Waals surface area contributed by atoms with Crippen molar-refractivity contribution in [2.45, 2.75) is 123 Å². The lowest BCUT2D eigenvalue weighted by Crippen LogP contribution is -2.61. The summed E-state index contributed by atoms with van der Waals surface area (Å²) in [5.74, 6) is -1.98. The number of aliphatic hydroxyl groups is 4. The van der Waals surface area contributed by atoms with Crippen molar-refractivity contribution in [3.8, 4) is 0 Å². The number of nitrogens with two attached hydrogens (primary N) is 1. The molecule has 0 saturated carbocycles. The summed E-state index contributed by atoms with van der Waals surface area (Å²) in [7, 11) is 1.82. The molecule has 14 heteroatoms. The minimum atomic E-state index is -1.83. The zero-order valence-corrected chi connectivity index (χ0v) is 35.9. The highest BCUT2D eigenvalue weighted by Crippen LogP contribution is 2.29. The van der Waals surface area contributed by atoms with Crippen LogP contribution in [0.15, 0.2) is 108 Å². The molecule has 0 aromatic heterocycles. The lowest BCUT2D eigenvalue weighted by molar-refractivity contribution is -0.303. The largest absolute Gasteiger partial charge is 0.510 e. The summed E-state index contributed by atoms with van der Waals surface area (Å²) >= 11 is 0. The fourth-order valence-electron chi connectivity index (χ4n) is 6.48. The van der Waals surface area contributed by atoms with Gasteiger partial charge in [0.15, 0.2) is 24.1 Å². The van der Waals surface area contributed by atoms with Crippen LogP contribution in [0.1, 0.15) is 86.0 Å². The smallest absolute Gasteiger partial charge is 0.335 e. The number of carbonyl (C=O) groups is 3. The highest BCUT2D eigenvalue weighted by atomic mass is 16.7. The average Bonchev–Trinajstić information content (AvgIpc) is 3.51. The van der Waals surface area contributed by atoms with E-state index >= 15 is 0 Å². The molecule has 14 nitrogen and oxygen atoms in total. The van der Waals surface area contributed by atoms with E-state index in [1.54, 1.807) is 48.3 Å². The minimum Gasteiger partial charge on any atom is -0.510 e. The molecule has 60 heavy (non-hydrogen) atoms. The van der Waals surface area contributed by atoms with Gasteiger partial charge in [0.1, 0.15) is 29.8 Å². The van der Waals surface area contributed by atoms with Crippen molar-refractivity contribution in [3.05, 3.63) is 108 Å². The molecule has 1 aliphatic carbocycles. The molecule has 2 aliphatic rings. The second kappa shape index (κ2) is 27.1. The van der Waals surface area contributed by atoms with Crippen LogP contribution in [-0.4, -0.2) is 104 Å². The first-order valence-corrected chi connectivity index (χ1v) is 20.7. The molecule has 2 rings (SSSR count). The molecule has 1 fully saturated rings. The van der Waals surface area contributed by atoms with Crippen molar-refractivity contribution < 1.29 is 49.4 Å². The average molecular weight is 837 g/mol. The van der Waals surface area contributed by atoms with E-state index in [0.29, 0.717) is 11.5 Å². The monoisotopic (exact) mass is 836 g/mol. The molecule has 9 N–H and O–H groups in total. The second-order valence-electron chi connectivity index (χ2n) is 15.6. The number of ketones is 1. The summed E-state index contributed by atoms with van der Waals surface area (Å²) in [5.41, 5.74) is 6.62. The highest BCUT2D eigenvalue weighted by molar-refractivity contribution is 6.04. The molecule has 9 unspecified atom stereocenters. The van der Waals surface area contributed by atoms with Crippen LogP contribution in [0.25, 0.3) is 0 Å². The van der Waals surface area contributed by atoms with Crippen molar-refractivity contribution in [1.82, 2.24) is 10.2 Å². The first kappa shape index (κ1) is 51.3. The maximum atomic E-state index is 12.3. The molecule has 0 aromatic carbocycles. The van der Waals surface area contributed by atoms with Gasteiger partial charge in [0, 0.05) is 37.9 Å². The number of carbonyl (C=O) groups excluding carboxylic acids is 2. The Morgan fingerprint density at radius 3 is 2.20 bits per heavy atom. The number of rotatable bonds is 24. The van der Waals surface area contributed by atoms with E-state index in [2.05, 4.69) is 49.5 Å². The van der Waals surface area contributed by atoms with Crippen molar-refractivity contribution in [2.75, 3.05) is 13.6 Å². The Labute approximate surface area is 355 Å². The number of hydrogen-bond acceptors (Lipinski definition) is 10. The third kappa shape index (κ3) is 18.2. The maximum absolute atomic E-state index is 12.3. The quantitative estimate of drug-likeness (QED) is 0.0144. The van der Waals surface area contributed by atoms with Gasteiger partial charge in [-0.05, 0) is 69.8 Å². The molecule has 0 spiro atoms. The van der Waals surface area contributed by atoms with Gasteiger partial charge in [-0.1, -0.05) is 106 Å². The van der Waals surface area contributed by atoms with Crippen LogP contribution >= 0.6 is 0 Å². The lowest BCUT2D eigenvalue weighted by atomic mass is 9.92. The molecule has 0 aromatic rings. The van der Waals surface area contributed by atoms with Gasteiger partial charge in [-0.15, -0.1) is 0 Å². The number of unbranched alkanes of at least 4 members (excludes halogenated alkanes) is 2. The molecule has 9 atom stereocenters. The maximum Gasteiger partial charge on any atom is 0.335 e. The zero-order valence-electron chi connectivity index (χ0n) is 35.9. The second-order valence-corrected chi connectivity index (χ2v) is 15.6. The Bertz CT molecular complexity index is 1710.